The molecule has 2 unspecified atom stereocenters. The maximum Gasteiger partial charge on any atom is 0.307 e. The minimum atomic E-state index is -0.791. The van der Waals surface area contributed by atoms with Gasteiger partial charge in [0.1, 0.15) is 0 Å². The summed E-state index contributed by atoms with van der Waals surface area (Å²) in [5.74, 6) is -0.791. The minimum absolute atomic E-state index is 0.0530. The molecule has 4 heteroatoms. The Morgan fingerprint density at radius 1 is 1.09 bits per heavy atom. The van der Waals surface area contributed by atoms with E-state index in [9.17, 15) is 9.90 Å². The first kappa shape index (κ1) is 21.0. The number of aryl methyl sites for hydroxylation is 1. The van der Waals surface area contributed by atoms with Crippen molar-refractivity contribution < 1.29 is 14.6 Å². The molecule has 3 aliphatic heterocycles. The highest BCUT2D eigenvalue weighted by molar-refractivity contribution is 5.92. The van der Waals surface area contributed by atoms with Gasteiger partial charge in [-0.3, -0.25) is 4.79 Å². The average molecular weight is 464 g/mol. The van der Waals surface area contributed by atoms with Crippen LogP contribution in [0.4, 0.5) is 5.69 Å². The summed E-state index contributed by atoms with van der Waals surface area (Å²) in [6.45, 7) is 5.47. The van der Waals surface area contributed by atoms with Gasteiger partial charge in [0.2, 0.25) is 0 Å². The third-order valence-electron chi connectivity index (χ3n) is 8.47. The number of carboxylic acid groups (broad SMARTS) is 1. The maximum atomic E-state index is 11.3. The number of anilines is 1. The summed E-state index contributed by atoms with van der Waals surface area (Å²) in [4.78, 5) is 13.8. The number of hydrogen-bond donors (Lipinski definition) is 1. The Labute approximate surface area is 205 Å². The number of carboxylic acids is 1. The molecule has 3 aromatic rings. The van der Waals surface area contributed by atoms with Crippen molar-refractivity contribution in [3.05, 3.63) is 94.2 Å². The molecule has 3 heterocycles. The number of rotatable bonds is 2. The van der Waals surface area contributed by atoms with Gasteiger partial charge in [-0.05, 0) is 70.0 Å². The van der Waals surface area contributed by atoms with Gasteiger partial charge < -0.3 is 14.7 Å². The summed E-state index contributed by atoms with van der Waals surface area (Å²) in [6.07, 6.45) is 5.81. The molecular formula is C31H29NO3. The molecule has 2 atom stereocenters. The number of carbonyl (C=O) groups is 1. The fraction of sp³-hybridized carbons (Fsp3) is 0.323. The molecule has 0 saturated carbocycles. The summed E-state index contributed by atoms with van der Waals surface area (Å²) < 4.78 is 6.81. The van der Waals surface area contributed by atoms with E-state index in [2.05, 4.69) is 73.4 Å². The smallest absolute Gasteiger partial charge is 0.307 e. The lowest BCUT2D eigenvalue weighted by Gasteiger charge is -2.43. The average Bonchev–Trinajstić information content (AvgIpc) is 3.08. The SMILES string of the molecule is CC1(C)C2=C3C=C4c5ccc6ccccc6c5CCC4OC3CCN2c2ccc(CC(=O)O)cc21. The molecule has 0 spiro atoms. The van der Waals surface area contributed by atoms with Crippen LogP contribution in [0.1, 0.15) is 48.9 Å². The van der Waals surface area contributed by atoms with Crippen LogP contribution in [-0.4, -0.2) is 29.8 Å². The Morgan fingerprint density at radius 3 is 2.80 bits per heavy atom. The number of aliphatic carboxylic acids is 1. The molecule has 0 bridgehead atoms. The van der Waals surface area contributed by atoms with E-state index in [1.54, 1.807) is 0 Å². The van der Waals surface area contributed by atoms with Crippen LogP contribution >= 0.6 is 0 Å². The highest BCUT2D eigenvalue weighted by Gasteiger charge is 2.47. The van der Waals surface area contributed by atoms with E-state index in [4.69, 9.17) is 4.74 Å². The summed E-state index contributed by atoms with van der Waals surface area (Å²) in [6, 6.07) is 19.4. The lowest BCUT2D eigenvalue weighted by Crippen LogP contribution is -2.42. The first-order valence-electron chi connectivity index (χ1n) is 12.7. The van der Waals surface area contributed by atoms with Crippen molar-refractivity contribution in [3.63, 3.8) is 0 Å². The van der Waals surface area contributed by atoms with E-state index in [0.717, 1.165) is 31.4 Å². The zero-order valence-electron chi connectivity index (χ0n) is 20.2. The molecule has 0 radical (unpaired) electrons. The molecule has 176 valence electrons. The predicted octanol–water partition coefficient (Wildman–Crippen LogP) is 6.02. The minimum Gasteiger partial charge on any atom is -0.481 e. The van der Waals surface area contributed by atoms with Gasteiger partial charge in [-0.1, -0.05) is 62.4 Å². The Hall–Kier alpha value is -3.37. The molecule has 3 aromatic carbocycles. The van der Waals surface area contributed by atoms with E-state index < -0.39 is 5.97 Å². The van der Waals surface area contributed by atoms with Crippen LogP contribution in [0.15, 0.2) is 71.9 Å². The molecule has 1 aliphatic carbocycles. The largest absolute Gasteiger partial charge is 0.481 e. The van der Waals surface area contributed by atoms with E-state index in [1.165, 1.54) is 50.0 Å². The van der Waals surface area contributed by atoms with Crippen LogP contribution in [0.2, 0.25) is 0 Å². The van der Waals surface area contributed by atoms with Crippen molar-refractivity contribution in [2.75, 3.05) is 11.4 Å². The van der Waals surface area contributed by atoms with Gasteiger partial charge in [0, 0.05) is 28.9 Å². The van der Waals surface area contributed by atoms with Gasteiger partial charge in [0.25, 0.3) is 0 Å². The Morgan fingerprint density at radius 2 is 1.94 bits per heavy atom. The Balaban J connectivity index is 1.40. The van der Waals surface area contributed by atoms with E-state index >= 15 is 0 Å². The molecule has 0 aromatic heterocycles. The summed E-state index contributed by atoms with van der Waals surface area (Å²) >= 11 is 0. The van der Waals surface area contributed by atoms with Crippen molar-refractivity contribution in [1.29, 1.82) is 0 Å². The first-order chi connectivity index (χ1) is 16.9. The van der Waals surface area contributed by atoms with Gasteiger partial charge in [0.15, 0.2) is 0 Å². The third-order valence-corrected chi connectivity index (χ3v) is 8.47. The van der Waals surface area contributed by atoms with Gasteiger partial charge in [-0.2, -0.15) is 0 Å². The number of allylic oxidation sites excluding steroid dienone is 1. The van der Waals surface area contributed by atoms with Crippen LogP contribution in [0, 0.1) is 0 Å². The zero-order chi connectivity index (χ0) is 23.9. The lowest BCUT2D eigenvalue weighted by molar-refractivity contribution is -0.136. The number of benzene rings is 3. The van der Waals surface area contributed by atoms with Gasteiger partial charge in [0.05, 0.1) is 18.6 Å². The van der Waals surface area contributed by atoms with Crippen LogP contribution in [0.25, 0.3) is 16.3 Å². The standard InChI is InChI=1S/C31H29NO3/c1-31(2)25-15-18(16-29(33)34)7-11-26(25)32-14-13-28-24(30(31)32)17-23-22-9-8-19-5-3-4-6-20(19)21(22)10-12-27(23)35-28/h3-9,11,15,17,27-28H,10,12-14,16H2,1-2H3,(H,33,34). The van der Waals surface area contributed by atoms with Crippen molar-refractivity contribution in [1.82, 2.24) is 0 Å². The summed E-state index contributed by atoms with van der Waals surface area (Å²) in [7, 11) is 0. The second kappa shape index (κ2) is 7.32. The van der Waals surface area contributed by atoms with Crippen molar-refractivity contribution in [3.8, 4) is 0 Å². The van der Waals surface area contributed by atoms with Gasteiger partial charge in [-0.15, -0.1) is 0 Å². The molecule has 4 aliphatic rings. The summed E-state index contributed by atoms with van der Waals surface area (Å²) in [5.41, 5.74) is 9.77. The van der Waals surface area contributed by atoms with E-state index in [1.807, 2.05) is 6.07 Å². The number of nitrogens with zero attached hydrogens (tertiary/aromatic N) is 1. The first-order valence-corrected chi connectivity index (χ1v) is 12.7. The van der Waals surface area contributed by atoms with Gasteiger partial charge in [-0.25, -0.2) is 0 Å². The quantitative estimate of drug-likeness (QED) is 0.505. The second-order valence-corrected chi connectivity index (χ2v) is 10.9. The fourth-order valence-corrected chi connectivity index (χ4v) is 6.95. The van der Waals surface area contributed by atoms with Crippen LogP contribution in [0.3, 0.4) is 0 Å². The van der Waals surface area contributed by atoms with Crippen LogP contribution < -0.4 is 4.90 Å². The van der Waals surface area contributed by atoms with Crippen LogP contribution in [-0.2, 0) is 27.8 Å². The zero-order valence-corrected chi connectivity index (χ0v) is 20.2. The molecule has 0 saturated heterocycles. The highest BCUT2D eigenvalue weighted by Crippen LogP contribution is 2.54. The predicted molar refractivity (Wildman–Crippen MR) is 139 cm³/mol. The van der Waals surface area contributed by atoms with Crippen molar-refractivity contribution in [2.45, 2.75) is 57.2 Å². The molecule has 4 nitrogen and oxygen atoms in total. The Kier molecular flexibility index (Phi) is 4.38. The van der Waals surface area contributed by atoms with Gasteiger partial charge >= 0.3 is 5.97 Å². The molecule has 7 rings (SSSR count). The monoisotopic (exact) mass is 463 g/mol. The fourth-order valence-electron chi connectivity index (χ4n) is 6.95. The van der Waals surface area contributed by atoms with Crippen molar-refractivity contribution >= 4 is 28.0 Å². The lowest BCUT2D eigenvalue weighted by atomic mass is 9.76. The second-order valence-electron chi connectivity index (χ2n) is 10.9. The topological polar surface area (TPSA) is 49.8 Å². The molecule has 0 amide bonds. The molecular weight excluding hydrogens is 434 g/mol. The number of hydrogen-bond acceptors (Lipinski definition) is 3. The van der Waals surface area contributed by atoms with E-state index in [0.29, 0.717) is 0 Å². The van der Waals surface area contributed by atoms with E-state index in [-0.39, 0.29) is 24.0 Å². The Bertz CT molecular complexity index is 1480. The summed E-state index contributed by atoms with van der Waals surface area (Å²) in [5, 5.41) is 12.0. The number of fused-ring (bicyclic) bond motifs is 9. The molecule has 1 N–H and O–H groups in total. The highest BCUT2D eigenvalue weighted by atomic mass is 16.5. The molecule has 0 fully saturated rings. The van der Waals surface area contributed by atoms with Crippen LogP contribution in [0.5, 0.6) is 0 Å². The molecule has 35 heavy (non-hydrogen) atoms. The third kappa shape index (κ3) is 2.99. The number of ether oxygens (including phenoxy) is 1. The van der Waals surface area contributed by atoms with Crippen molar-refractivity contribution in [2.24, 2.45) is 0 Å². The normalized spacial score (nSPS) is 23.7. The maximum absolute atomic E-state index is 11.3.